The van der Waals surface area contributed by atoms with Crippen LogP contribution in [0.25, 0.3) is 6.08 Å². The molecule has 0 saturated heterocycles. The molecule has 0 N–H and O–H groups in total. The third kappa shape index (κ3) is 4.07. The van der Waals surface area contributed by atoms with E-state index in [-0.39, 0.29) is 26.1 Å². The maximum absolute atomic E-state index is 11.6. The Bertz CT molecular complexity index is 819. The number of benzene rings is 1. The van der Waals surface area contributed by atoms with Crippen molar-refractivity contribution in [3.63, 3.8) is 0 Å². The van der Waals surface area contributed by atoms with Crippen LogP contribution in [0.5, 0.6) is 5.75 Å². The number of hydrogen-bond donors (Lipinski definition) is 0. The second-order valence-corrected chi connectivity index (χ2v) is 5.94. The third-order valence-corrected chi connectivity index (χ3v) is 3.88. The van der Waals surface area contributed by atoms with E-state index in [4.69, 9.17) is 4.42 Å². The van der Waals surface area contributed by atoms with Crippen LogP contribution in [-0.2, 0) is 4.79 Å². The molecule has 9 nitrogen and oxygen atoms in total. The van der Waals surface area contributed by atoms with Gasteiger partial charge >= 0.3 is 0 Å². The third-order valence-electron chi connectivity index (χ3n) is 2.45. The van der Waals surface area contributed by atoms with Gasteiger partial charge in [0.15, 0.2) is 0 Å². The fourth-order valence-electron chi connectivity index (χ4n) is 1.51. The molecular weight excluding hydrogens is 394 g/mol. The number of carbonyl (C=O) groups excluding carboxylic acids is 1. The summed E-state index contributed by atoms with van der Waals surface area (Å²) in [5.41, 5.74) is -0.548. The number of rotatable bonds is 5. The summed E-state index contributed by atoms with van der Waals surface area (Å²) < 4.78 is 4.99. The molecule has 0 radical (unpaired) electrons. The van der Waals surface area contributed by atoms with Gasteiger partial charge in [0.2, 0.25) is 5.89 Å². The van der Waals surface area contributed by atoms with E-state index in [1.807, 2.05) is 0 Å². The van der Waals surface area contributed by atoms with E-state index >= 15 is 0 Å². The summed E-state index contributed by atoms with van der Waals surface area (Å²) in [5.74, 6) is -2.09. The molecule has 0 aliphatic carbocycles. The molecule has 0 spiro atoms. The fourth-order valence-corrected chi connectivity index (χ4v) is 2.69. The minimum atomic E-state index is -1.53. The molecule has 1 aromatic carbocycles. The van der Waals surface area contributed by atoms with Crippen LogP contribution in [0, 0.1) is 17.0 Å². The summed E-state index contributed by atoms with van der Waals surface area (Å²) in [5, 5.41) is 40.8. The van der Waals surface area contributed by atoms with Gasteiger partial charge in [-0.05, 0) is 35.2 Å². The highest BCUT2D eigenvalue weighted by Crippen LogP contribution is 2.34. The number of halogens is 1. The van der Waals surface area contributed by atoms with Crippen molar-refractivity contribution in [3.05, 3.63) is 43.1 Å². The predicted molar refractivity (Wildman–Crippen MR) is 78.1 cm³/mol. The van der Waals surface area contributed by atoms with Crippen molar-refractivity contribution >= 4 is 45.4 Å². The average molecular weight is 400 g/mol. The highest BCUT2D eigenvalue weighted by molar-refractivity contribution is 9.10. The molecule has 23 heavy (non-hydrogen) atoms. The van der Waals surface area contributed by atoms with Gasteiger partial charge in [-0.15, -0.1) is 10.2 Å². The topological polar surface area (TPSA) is 145 Å². The van der Waals surface area contributed by atoms with Gasteiger partial charge in [-0.25, -0.2) is 0 Å². The van der Waals surface area contributed by atoms with Gasteiger partial charge in [-0.1, -0.05) is 15.9 Å². The molecule has 11 heteroatoms. The highest BCUT2D eigenvalue weighted by Gasteiger charge is 2.13. The first-order chi connectivity index (χ1) is 10.8. The zero-order valence-electron chi connectivity index (χ0n) is 11.3. The van der Waals surface area contributed by atoms with E-state index in [0.717, 1.165) is 12.1 Å². The molecule has 2 aromatic rings. The van der Waals surface area contributed by atoms with Crippen molar-refractivity contribution in [2.45, 2.75) is 12.1 Å². The summed E-state index contributed by atoms with van der Waals surface area (Å²) in [6.45, 7) is 1.53. The first-order valence-electron chi connectivity index (χ1n) is 5.84. The Labute approximate surface area is 141 Å². The Hall–Kier alpha value is -2.40. The van der Waals surface area contributed by atoms with Crippen molar-refractivity contribution < 1.29 is 24.3 Å². The molecule has 120 valence electrons. The number of hydrogen-bond acceptors (Lipinski definition) is 9. The van der Waals surface area contributed by atoms with Gasteiger partial charge in [0.25, 0.3) is 10.9 Å². The molecule has 0 fully saturated rings. The summed E-state index contributed by atoms with van der Waals surface area (Å²) in [6.07, 6.45) is 1.11. The van der Waals surface area contributed by atoms with Gasteiger partial charge in [0.05, 0.1) is 10.9 Å². The molecule has 0 amide bonds. The van der Waals surface area contributed by atoms with E-state index in [2.05, 4.69) is 26.1 Å². The summed E-state index contributed by atoms with van der Waals surface area (Å²) >= 11 is 3.54. The second-order valence-electron chi connectivity index (χ2n) is 4.09. The fraction of sp³-hybridized carbons (Fsp3) is 0.0833. The minimum Gasteiger partial charge on any atom is -0.867 e. The number of nitrogens with zero attached hydrogens (tertiary/aromatic N) is 3. The Morgan fingerprint density at radius 2 is 2.13 bits per heavy atom. The zero-order valence-corrected chi connectivity index (χ0v) is 13.7. The van der Waals surface area contributed by atoms with Crippen LogP contribution in [0.15, 0.2) is 31.2 Å². The summed E-state index contributed by atoms with van der Waals surface area (Å²) in [4.78, 5) is 20.9. The van der Waals surface area contributed by atoms with Crippen LogP contribution in [0.3, 0.4) is 0 Å². The van der Waals surface area contributed by atoms with Gasteiger partial charge in [0, 0.05) is 22.4 Å². The molecule has 0 aliphatic heterocycles. The van der Waals surface area contributed by atoms with Crippen LogP contribution >= 0.6 is 27.7 Å². The molecule has 0 atom stereocenters. The molecule has 0 unspecified atom stereocenters. The Kier molecular flexibility index (Phi) is 5.01. The van der Waals surface area contributed by atoms with Crippen molar-refractivity contribution in [2.24, 2.45) is 0 Å². The lowest BCUT2D eigenvalue weighted by molar-refractivity contribution is -0.398. The van der Waals surface area contributed by atoms with Crippen molar-refractivity contribution in [2.75, 3.05) is 0 Å². The van der Waals surface area contributed by atoms with Crippen molar-refractivity contribution in [1.82, 2.24) is 10.2 Å². The van der Waals surface area contributed by atoms with Gasteiger partial charge in [0.1, 0.15) is 0 Å². The Morgan fingerprint density at radius 3 is 2.65 bits per heavy atom. The van der Waals surface area contributed by atoms with Crippen LogP contribution in [0.2, 0.25) is 0 Å². The molecule has 0 aliphatic rings. The first-order valence-corrected chi connectivity index (χ1v) is 7.45. The summed E-state index contributed by atoms with van der Waals surface area (Å²) in [7, 11) is 0. The van der Waals surface area contributed by atoms with Crippen molar-refractivity contribution in [3.8, 4) is 5.75 Å². The number of nitro benzene ring substituents is 1. The molecular formula is C12H6BrN3O6S-2. The number of aromatic nitrogens is 2. The van der Waals surface area contributed by atoms with Crippen LogP contribution in [-0.4, -0.2) is 21.1 Å². The number of carboxylic acid groups (broad SMARTS) is 1. The number of aryl methyl sites for hydroxylation is 1. The molecule has 1 heterocycles. The monoisotopic (exact) mass is 399 g/mol. The first kappa shape index (κ1) is 17.0. The SMILES string of the molecule is Cc1nnc(S/C(=C\c2cc(Br)c([O-])c([N+](=O)[O-])c2)C(=O)[O-])o1. The summed E-state index contributed by atoms with van der Waals surface area (Å²) in [6, 6.07) is 2.23. The maximum Gasteiger partial charge on any atom is 0.281 e. The number of carboxylic acids is 1. The standard InChI is InChI=1S/C12H8BrN3O6S/c1-5-14-15-12(22-5)23-9(11(18)19)4-6-2-7(13)10(17)8(3-6)16(20)21/h2-4,17H,1H3,(H,18,19)/p-2/b9-4-. The zero-order chi connectivity index (χ0) is 17.1. The minimum absolute atomic E-state index is 0.0213. The smallest absolute Gasteiger partial charge is 0.281 e. The highest BCUT2D eigenvalue weighted by atomic mass is 79.9. The Balaban J connectivity index is 2.43. The number of thioether (sulfide) groups is 1. The van der Waals surface area contributed by atoms with E-state index < -0.39 is 22.3 Å². The van der Waals surface area contributed by atoms with Crippen molar-refractivity contribution in [1.29, 1.82) is 0 Å². The largest absolute Gasteiger partial charge is 0.867 e. The Morgan fingerprint density at radius 1 is 1.43 bits per heavy atom. The average Bonchev–Trinajstić information content (AvgIpc) is 2.86. The van der Waals surface area contributed by atoms with E-state index in [9.17, 15) is 25.1 Å². The maximum atomic E-state index is 11.6. The lowest BCUT2D eigenvalue weighted by Gasteiger charge is -2.11. The number of carbonyl (C=O) groups is 1. The van der Waals surface area contributed by atoms with Crippen LogP contribution in [0.1, 0.15) is 11.5 Å². The quantitative estimate of drug-likeness (QED) is 0.310. The lowest BCUT2D eigenvalue weighted by Crippen LogP contribution is -2.23. The second kappa shape index (κ2) is 6.79. The van der Waals surface area contributed by atoms with E-state index in [1.165, 1.54) is 13.0 Å². The number of aliphatic carboxylic acids is 1. The molecule has 0 saturated carbocycles. The predicted octanol–water partition coefficient (Wildman–Crippen LogP) is 1.01. The van der Waals surface area contributed by atoms with Crippen LogP contribution < -0.4 is 10.2 Å². The van der Waals surface area contributed by atoms with E-state index in [0.29, 0.717) is 11.8 Å². The molecule has 1 aromatic heterocycles. The van der Waals surface area contributed by atoms with Gasteiger partial charge < -0.3 is 19.4 Å². The van der Waals surface area contributed by atoms with Crippen LogP contribution in [0.4, 0.5) is 5.69 Å². The molecule has 0 bridgehead atoms. The number of nitro groups is 1. The van der Waals surface area contributed by atoms with E-state index in [1.54, 1.807) is 0 Å². The normalized spacial score (nSPS) is 11.5. The lowest BCUT2D eigenvalue weighted by atomic mass is 10.1. The van der Waals surface area contributed by atoms with Gasteiger partial charge in [-0.3, -0.25) is 10.1 Å². The molecule has 2 rings (SSSR count). The van der Waals surface area contributed by atoms with Gasteiger partial charge in [-0.2, -0.15) is 0 Å².